The Morgan fingerprint density at radius 1 is 0.960 bits per heavy atom. The number of hydrogen-bond donors (Lipinski definition) is 0. The summed E-state index contributed by atoms with van der Waals surface area (Å²) in [7, 11) is -4.45. The molecule has 3 rings (SSSR count). The highest BCUT2D eigenvalue weighted by molar-refractivity contribution is 7.91. The van der Waals surface area contributed by atoms with Crippen LogP contribution in [0.5, 0.6) is 0 Å². The van der Waals surface area contributed by atoms with Crippen LogP contribution in [-0.2, 0) is 16.0 Å². The van der Waals surface area contributed by atoms with E-state index in [-0.39, 0.29) is 11.1 Å². The quantitative estimate of drug-likeness (QED) is 0.366. The molecule has 10 heteroatoms. The minimum Gasteiger partial charge on any atom is -0.258 e. The molecule has 0 unspecified atom stereocenters. The van der Waals surface area contributed by atoms with E-state index in [9.17, 15) is 36.1 Å². The highest BCUT2D eigenvalue weighted by atomic mass is 32.2. The van der Waals surface area contributed by atoms with E-state index in [2.05, 4.69) is 0 Å². The molecule has 0 saturated carbocycles. The van der Waals surface area contributed by atoms with Crippen LogP contribution < -0.4 is 0 Å². The maximum absolute atomic E-state index is 13.4. The predicted octanol–water partition coefficient (Wildman–Crippen LogP) is 4.07. The molecule has 0 amide bonds. The number of nitro groups is 1. The fraction of sp³-hybridized carbons (Fsp3) is 0.0667. The van der Waals surface area contributed by atoms with E-state index in [0.29, 0.717) is 18.2 Å². The zero-order valence-electron chi connectivity index (χ0n) is 12.0. The maximum atomic E-state index is 13.4. The summed E-state index contributed by atoms with van der Waals surface area (Å²) >= 11 is 0. The van der Waals surface area contributed by atoms with Gasteiger partial charge in [-0.05, 0) is 29.3 Å². The average molecular weight is 373 g/mol. The molecule has 130 valence electrons. The second-order valence-electron chi connectivity index (χ2n) is 5.18. The van der Waals surface area contributed by atoms with Crippen molar-refractivity contribution >= 4 is 27.7 Å². The smallest absolute Gasteiger partial charge is 0.258 e. The Hall–Kier alpha value is -2.75. The van der Waals surface area contributed by atoms with Crippen molar-refractivity contribution in [3.63, 3.8) is 0 Å². The Balaban J connectivity index is 2.40. The van der Waals surface area contributed by atoms with Gasteiger partial charge < -0.3 is 0 Å². The summed E-state index contributed by atoms with van der Waals surface area (Å²) in [6.45, 7) is 0. The molecule has 1 aliphatic rings. The number of fused-ring (bicyclic) bond motifs is 2. The summed E-state index contributed by atoms with van der Waals surface area (Å²) in [5.41, 5.74) is -3.25. The van der Waals surface area contributed by atoms with Crippen molar-refractivity contribution in [1.29, 1.82) is 0 Å². The molecule has 5 nitrogen and oxygen atoms in total. The molecule has 0 radical (unpaired) electrons. The van der Waals surface area contributed by atoms with Crippen LogP contribution in [0.2, 0.25) is 0 Å². The van der Waals surface area contributed by atoms with Gasteiger partial charge in [0, 0.05) is 6.07 Å². The van der Waals surface area contributed by atoms with Crippen molar-refractivity contribution in [2.45, 2.75) is 16.0 Å². The van der Waals surface area contributed by atoms with Crippen LogP contribution in [0.15, 0.2) is 40.1 Å². The molecule has 0 fully saturated rings. The first-order valence-corrected chi connectivity index (χ1v) is 8.12. The second kappa shape index (κ2) is 5.38. The zero-order chi connectivity index (χ0) is 18.6. The molecule has 2 aromatic carbocycles. The second-order valence-corrected chi connectivity index (χ2v) is 7.07. The third-order valence-electron chi connectivity index (χ3n) is 3.63. The van der Waals surface area contributed by atoms with Gasteiger partial charge in [0.05, 0.1) is 14.7 Å². The lowest BCUT2D eigenvalue weighted by Gasteiger charge is -2.12. The molecule has 0 N–H and O–H groups in total. The molecular weight excluding hydrogens is 366 g/mol. The van der Waals surface area contributed by atoms with E-state index in [0.717, 1.165) is 18.2 Å². The highest BCUT2D eigenvalue weighted by Gasteiger charge is 2.41. The van der Waals surface area contributed by atoms with Crippen LogP contribution in [0.1, 0.15) is 16.7 Å². The number of halogens is 4. The van der Waals surface area contributed by atoms with Gasteiger partial charge in [-0.1, -0.05) is 18.2 Å². The van der Waals surface area contributed by atoms with Crippen LogP contribution in [0.25, 0.3) is 12.2 Å². The van der Waals surface area contributed by atoms with Crippen LogP contribution >= 0.6 is 0 Å². The SMILES string of the molecule is O=[N+]([O-])c1cc2c(cc1C(F)(F)F)C=Cc1ccc(F)cc1S2(=O)=O. The van der Waals surface area contributed by atoms with Crippen LogP contribution in [0, 0.1) is 15.9 Å². The monoisotopic (exact) mass is 373 g/mol. The first kappa shape index (κ1) is 17.1. The lowest BCUT2D eigenvalue weighted by atomic mass is 10.1. The number of rotatable bonds is 1. The van der Waals surface area contributed by atoms with E-state index < -0.39 is 47.8 Å². The minimum absolute atomic E-state index is 0.0637. The van der Waals surface area contributed by atoms with E-state index in [1.807, 2.05) is 0 Å². The molecule has 0 atom stereocenters. The predicted molar refractivity (Wildman–Crippen MR) is 78.9 cm³/mol. The van der Waals surface area contributed by atoms with Crippen LogP contribution in [-0.4, -0.2) is 13.3 Å². The third-order valence-corrected chi connectivity index (χ3v) is 5.49. The molecule has 0 aromatic heterocycles. The van der Waals surface area contributed by atoms with Gasteiger partial charge in [0.1, 0.15) is 11.4 Å². The topological polar surface area (TPSA) is 77.3 Å². The Morgan fingerprint density at radius 2 is 1.56 bits per heavy atom. The van der Waals surface area contributed by atoms with Crippen molar-refractivity contribution in [3.8, 4) is 0 Å². The lowest BCUT2D eigenvalue weighted by molar-refractivity contribution is -0.388. The Kier molecular flexibility index (Phi) is 3.68. The third kappa shape index (κ3) is 2.78. The first-order valence-electron chi connectivity index (χ1n) is 6.64. The summed E-state index contributed by atoms with van der Waals surface area (Å²) in [5.74, 6) is -0.861. The molecule has 0 aliphatic carbocycles. The van der Waals surface area contributed by atoms with E-state index in [1.165, 1.54) is 6.08 Å². The normalized spacial score (nSPS) is 15.2. The summed E-state index contributed by atoms with van der Waals surface area (Å²) < 4.78 is 78.0. The number of benzene rings is 2. The average Bonchev–Trinajstić information content (AvgIpc) is 2.61. The van der Waals surface area contributed by atoms with Gasteiger partial charge in [-0.3, -0.25) is 10.1 Å². The standard InChI is InChI=1S/C15H7F4NO4S/c16-10-4-3-8-1-2-9-5-11(15(17,18)19)12(20(21)22)7-14(9)25(23,24)13(8)6-10/h1-7H. The van der Waals surface area contributed by atoms with Crippen LogP contribution in [0.3, 0.4) is 0 Å². The summed E-state index contributed by atoms with van der Waals surface area (Å²) in [6.07, 6.45) is -2.74. The van der Waals surface area contributed by atoms with Gasteiger partial charge in [-0.2, -0.15) is 13.2 Å². The fourth-order valence-electron chi connectivity index (χ4n) is 2.50. The van der Waals surface area contributed by atoms with Gasteiger partial charge in [0.25, 0.3) is 5.69 Å². The number of sulfone groups is 1. The van der Waals surface area contributed by atoms with Gasteiger partial charge >= 0.3 is 6.18 Å². The van der Waals surface area contributed by atoms with E-state index >= 15 is 0 Å². The Morgan fingerprint density at radius 3 is 2.16 bits per heavy atom. The van der Waals surface area contributed by atoms with Gasteiger partial charge in [0.15, 0.2) is 0 Å². The summed E-state index contributed by atoms with van der Waals surface area (Å²) in [5, 5.41) is 11.0. The summed E-state index contributed by atoms with van der Waals surface area (Å²) in [6, 6.07) is 3.64. The molecule has 25 heavy (non-hydrogen) atoms. The van der Waals surface area contributed by atoms with Crippen molar-refractivity contribution < 1.29 is 30.9 Å². The number of nitrogens with zero attached hydrogens (tertiary/aromatic N) is 1. The Labute approximate surface area is 138 Å². The van der Waals surface area contributed by atoms with Crippen molar-refractivity contribution in [2.75, 3.05) is 0 Å². The molecular formula is C15H7F4NO4S. The first-order chi connectivity index (χ1) is 11.5. The van der Waals surface area contributed by atoms with Crippen LogP contribution in [0.4, 0.5) is 23.2 Å². The zero-order valence-corrected chi connectivity index (χ0v) is 12.9. The molecule has 1 aliphatic heterocycles. The lowest BCUT2D eigenvalue weighted by Crippen LogP contribution is -2.12. The maximum Gasteiger partial charge on any atom is 0.423 e. The van der Waals surface area contributed by atoms with Gasteiger partial charge in [0.2, 0.25) is 9.84 Å². The number of nitro benzene ring substituents is 1. The van der Waals surface area contributed by atoms with Gasteiger partial charge in [-0.25, -0.2) is 12.8 Å². The number of alkyl halides is 3. The van der Waals surface area contributed by atoms with Crippen molar-refractivity contribution in [1.82, 2.24) is 0 Å². The van der Waals surface area contributed by atoms with Crippen molar-refractivity contribution in [3.05, 3.63) is 63.0 Å². The molecule has 0 bridgehead atoms. The van der Waals surface area contributed by atoms with Crippen molar-refractivity contribution in [2.24, 2.45) is 0 Å². The van der Waals surface area contributed by atoms with E-state index in [4.69, 9.17) is 0 Å². The molecule has 1 heterocycles. The molecule has 0 spiro atoms. The highest BCUT2D eigenvalue weighted by Crippen LogP contribution is 2.41. The Bertz CT molecular complexity index is 1040. The molecule has 0 saturated heterocycles. The van der Waals surface area contributed by atoms with E-state index in [1.54, 1.807) is 0 Å². The fourth-order valence-corrected chi connectivity index (χ4v) is 4.16. The largest absolute Gasteiger partial charge is 0.423 e. The van der Waals surface area contributed by atoms with Gasteiger partial charge in [-0.15, -0.1) is 0 Å². The molecule has 2 aromatic rings. The minimum atomic E-state index is -5.04. The number of hydrogen-bond acceptors (Lipinski definition) is 4. The summed E-state index contributed by atoms with van der Waals surface area (Å²) in [4.78, 5) is 8.52.